The lowest BCUT2D eigenvalue weighted by atomic mass is 10.1. The van der Waals surface area contributed by atoms with Crippen LogP contribution in [0.15, 0.2) is 24.3 Å². The second-order valence-corrected chi connectivity index (χ2v) is 2.93. The van der Waals surface area contributed by atoms with Crippen LogP contribution in [-0.2, 0) is 0 Å². The number of hydrogen-bond acceptors (Lipinski definition) is 3. The second kappa shape index (κ2) is 3.04. The number of nitrogens with two attached hydrogens (primary N) is 2. The Bertz CT molecular complexity index is 489. The van der Waals surface area contributed by atoms with Crippen molar-refractivity contribution in [3.05, 3.63) is 29.8 Å². The molecule has 72 valence electrons. The summed E-state index contributed by atoms with van der Waals surface area (Å²) in [5.41, 5.74) is 8.93. The van der Waals surface area contributed by atoms with E-state index < -0.39 is 0 Å². The number of amides is 1. The summed E-state index contributed by atoms with van der Waals surface area (Å²) in [4.78, 5) is 14.3. The zero-order valence-corrected chi connectivity index (χ0v) is 7.37. The van der Waals surface area contributed by atoms with Gasteiger partial charge in [0.1, 0.15) is 5.82 Å². The molecule has 0 fully saturated rings. The standard InChI is InChI=1S/C9H10N4O/c10-8-7(9(14)13-11)5-3-1-2-4-6(5)12-8/h1-4,12H,10-11H2,(H,13,14). The predicted molar refractivity (Wildman–Crippen MR) is 54.4 cm³/mol. The van der Waals surface area contributed by atoms with Crippen molar-refractivity contribution < 1.29 is 4.79 Å². The van der Waals surface area contributed by atoms with Crippen LogP contribution in [0.1, 0.15) is 10.4 Å². The molecule has 14 heavy (non-hydrogen) atoms. The molecule has 2 aromatic rings. The highest BCUT2D eigenvalue weighted by molar-refractivity contribution is 6.10. The fourth-order valence-electron chi connectivity index (χ4n) is 1.48. The minimum Gasteiger partial charge on any atom is -0.385 e. The predicted octanol–water partition coefficient (Wildman–Crippen LogP) is 0.354. The van der Waals surface area contributed by atoms with Gasteiger partial charge in [-0.25, -0.2) is 5.84 Å². The minimum atomic E-state index is -0.389. The van der Waals surface area contributed by atoms with E-state index >= 15 is 0 Å². The van der Waals surface area contributed by atoms with Crippen LogP contribution in [-0.4, -0.2) is 10.9 Å². The molecule has 0 saturated heterocycles. The highest BCUT2D eigenvalue weighted by atomic mass is 16.2. The quantitative estimate of drug-likeness (QED) is 0.297. The fraction of sp³-hybridized carbons (Fsp3) is 0. The van der Waals surface area contributed by atoms with E-state index in [1.54, 1.807) is 0 Å². The minimum absolute atomic E-state index is 0.328. The van der Waals surface area contributed by atoms with Gasteiger partial charge in [0, 0.05) is 10.9 Å². The lowest BCUT2D eigenvalue weighted by Gasteiger charge is -1.97. The lowest BCUT2D eigenvalue weighted by Crippen LogP contribution is -2.30. The number of aromatic nitrogens is 1. The Kier molecular flexibility index (Phi) is 1.86. The third-order valence-corrected chi connectivity index (χ3v) is 2.09. The van der Waals surface area contributed by atoms with Gasteiger partial charge in [-0.15, -0.1) is 0 Å². The Balaban J connectivity index is 2.74. The molecule has 0 saturated carbocycles. The molecule has 6 N–H and O–H groups in total. The third kappa shape index (κ3) is 1.11. The van der Waals surface area contributed by atoms with Gasteiger partial charge in [-0.2, -0.15) is 0 Å². The zero-order valence-electron chi connectivity index (χ0n) is 7.37. The number of carbonyl (C=O) groups is 1. The number of hydrogen-bond donors (Lipinski definition) is 4. The molecule has 0 aliphatic carbocycles. The number of hydrazine groups is 1. The number of rotatable bonds is 1. The summed E-state index contributed by atoms with van der Waals surface area (Å²) in [5, 5.41) is 0.771. The molecule has 0 bridgehead atoms. The van der Waals surface area contributed by atoms with E-state index in [1.807, 2.05) is 24.3 Å². The smallest absolute Gasteiger partial charge is 0.269 e. The van der Waals surface area contributed by atoms with E-state index in [2.05, 4.69) is 10.4 Å². The number of anilines is 1. The average Bonchev–Trinajstić information content (AvgIpc) is 2.53. The van der Waals surface area contributed by atoms with Crippen molar-refractivity contribution in [2.24, 2.45) is 5.84 Å². The molecular weight excluding hydrogens is 180 g/mol. The molecule has 1 amide bonds. The normalized spacial score (nSPS) is 10.4. The van der Waals surface area contributed by atoms with E-state index in [9.17, 15) is 4.79 Å². The molecule has 1 heterocycles. The van der Waals surface area contributed by atoms with E-state index in [-0.39, 0.29) is 5.91 Å². The number of nitrogens with one attached hydrogen (secondary N) is 2. The van der Waals surface area contributed by atoms with Crippen molar-refractivity contribution >= 4 is 22.6 Å². The first-order chi connectivity index (χ1) is 6.74. The Morgan fingerprint density at radius 2 is 2.07 bits per heavy atom. The molecule has 0 aliphatic rings. The van der Waals surface area contributed by atoms with Gasteiger partial charge < -0.3 is 10.7 Å². The summed E-state index contributed by atoms with van der Waals surface area (Å²) >= 11 is 0. The summed E-state index contributed by atoms with van der Waals surface area (Å²) in [5.74, 6) is 4.99. The number of H-pyrrole nitrogens is 1. The van der Waals surface area contributed by atoms with Crippen LogP contribution in [0, 0.1) is 0 Å². The van der Waals surface area contributed by atoms with E-state index in [4.69, 9.17) is 11.6 Å². The zero-order chi connectivity index (χ0) is 10.1. The first-order valence-electron chi connectivity index (χ1n) is 4.11. The van der Waals surface area contributed by atoms with E-state index in [1.165, 1.54) is 0 Å². The van der Waals surface area contributed by atoms with Crippen LogP contribution in [0.25, 0.3) is 10.9 Å². The first kappa shape index (κ1) is 8.58. The molecule has 0 aliphatic heterocycles. The van der Waals surface area contributed by atoms with Crippen molar-refractivity contribution in [3.8, 4) is 0 Å². The SMILES string of the molecule is NNC(=O)c1c(N)[nH]c2ccccc12. The van der Waals surface area contributed by atoms with Crippen LogP contribution in [0.3, 0.4) is 0 Å². The van der Waals surface area contributed by atoms with Crippen molar-refractivity contribution in [1.29, 1.82) is 0 Å². The Morgan fingerprint density at radius 1 is 1.36 bits per heavy atom. The van der Waals surface area contributed by atoms with Crippen LogP contribution in [0.2, 0.25) is 0 Å². The molecule has 5 nitrogen and oxygen atoms in total. The van der Waals surface area contributed by atoms with Gasteiger partial charge in [0.25, 0.3) is 5.91 Å². The maximum absolute atomic E-state index is 11.4. The van der Waals surface area contributed by atoms with Crippen molar-refractivity contribution in [2.75, 3.05) is 5.73 Å². The third-order valence-electron chi connectivity index (χ3n) is 2.09. The maximum atomic E-state index is 11.4. The summed E-state index contributed by atoms with van der Waals surface area (Å²) in [6, 6.07) is 7.36. The van der Waals surface area contributed by atoms with Crippen molar-refractivity contribution in [3.63, 3.8) is 0 Å². The molecule has 1 aromatic heterocycles. The topological polar surface area (TPSA) is 96.9 Å². The van der Waals surface area contributed by atoms with Gasteiger partial charge >= 0.3 is 0 Å². The Labute approximate surface area is 80.0 Å². The highest BCUT2D eigenvalue weighted by Crippen LogP contribution is 2.23. The fourth-order valence-corrected chi connectivity index (χ4v) is 1.48. The summed E-state index contributed by atoms with van der Waals surface area (Å²) in [7, 11) is 0. The molecular formula is C9H10N4O. The highest BCUT2D eigenvalue weighted by Gasteiger charge is 2.14. The van der Waals surface area contributed by atoms with Crippen molar-refractivity contribution in [1.82, 2.24) is 10.4 Å². The first-order valence-corrected chi connectivity index (χ1v) is 4.11. The van der Waals surface area contributed by atoms with E-state index in [0.29, 0.717) is 11.4 Å². The average molecular weight is 190 g/mol. The maximum Gasteiger partial charge on any atom is 0.269 e. The summed E-state index contributed by atoms with van der Waals surface area (Å²) in [6.45, 7) is 0. The molecule has 1 aromatic carbocycles. The molecule has 2 rings (SSSR count). The number of benzene rings is 1. The Morgan fingerprint density at radius 3 is 2.79 bits per heavy atom. The molecule has 0 radical (unpaired) electrons. The van der Waals surface area contributed by atoms with Gasteiger partial charge in [-0.1, -0.05) is 18.2 Å². The van der Waals surface area contributed by atoms with Gasteiger partial charge in [-0.05, 0) is 6.07 Å². The van der Waals surface area contributed by atoms with Gasteiger partial charge in [-0.3, -0.25) is 10.2 Å². The van der Waals surface area contributed by atoms with Crippen LogP contribution < -0.4 is 17.0 Å². The van der Waals surface area contributed by atoms with Gasteiger partial charge in [0.2, 0.25) is 0 Å². The van der Waals surface area contributed by atoms with Crippen LogP contribution in [0.5, 0.6) is 0 Å². The summed E-state index contributed by atoms with van der Waals surface area (Å²) in [6.07, 6.45) is 0. The number of para-hydroxylation sites is 1. The lowest BCUT2D eigenvalue weighted by molar-refractivity contribution is 0.0956. The molecule has 0 unspecified atom stereocenters. The van der Waals surface area contributed by atoms with Crippen molar-refractivity contribution in [2.45, 2.75) is 0 Å². The van der Waals surface area contributed by atoms with Crippen LogP contribution in [0.4, 0.5) is 5.82 Å². The monoisotopic (exact) mass is 190 g/mol. The number of aromatic amines is 1. The number of carbonyl (C=O) groups excluding carboxylic acids is 1. The molecule has 0 atom stereocenters. The molecule has 0 spiro atoms. The number of nitrogen functional groups attached to an aromatic ring is 2. The Hall–Kier alpha value is -2.01. The summed E-state index contributed by atoms with van der Waals surface area (Å²) < 4.78 is 0. The molecule has 5 heteroatoms. The van der Waals surface area contributed by atoms with E-state index in [0.717, 1.165) is 10.9 Å². The van der Waals surface area contributed by atoms with Crippen LogP contribution >= 0.6 is 0 Å². The number of fused-ring (bicyclic) bond motifs is 1. The second-order valence-electron chi connectivity index (χ2n) is 2.93. The van der Waals surface area contributed by atoms with Gasteiger partial charge in [0.15, 0.2) is 0 Å². The van der Waals surface area contributed by atoms with Gasteiger partial charge in [0.05, 0.1) is 5.56 Å². The largest absolute Gasteiger partial charge is 0.385 e.